The summed E-state index contributed by atoms with van der Waals surface area (Å²) < 4.78 is 11.0. The smallest absolute Gasteiger partial charge is 0.326 e. The van der Waals surface area contributed by atoms with Crippen LogP contribution in [0.25, 0.3) is 11.3 Å². The van der Waals surface area contributed by atoms with Crippen LogP contribution in [-0.2, 0) is 16.0 Å². The molecule has 0 saturated carbocycles. The summed E-state index contributed by atoms with van der Waals surface area (Å²) in [6.45, 7) is 3.06. The third kappa shape index (κ3) is 4.14. The molecule has 2 aromatic rings. The van der Waals surface area contributed by atoms with Crippen molar-refractivity contribution in [3.63, 3.8) is 0 Å². The van der Waals surface area contributed by atoms with Crippen molar-refractivity contribution in [1.29, 1.82) is 0 Å². The van der Waals surface area contributed by atoms with Crippen molar-refractivity contribution >= 4 is 11.9 Å². The summed E-state index contributed by atoms with van der Waals surface area (Å²) in [6.07, 6.45) is 2.46. The highest BCUT2D eigenvalue weighted by molar-refractivity contribution is 5.94. The minimum atomic E-state index is -1.06. The van der Waals surface area contributed by atoms with Crippen LogP contribution in [-0.4, -0.2) is 36.2 Å². The zero-order valence-electron chi connectivity index (χ0n) is 14.7. The number of furan rings is 1. The molecule has 0 bridgehead atoms. The fourth-order valence-corrected chi connectivity index (χ4v) is 3.14. The molecule has 2 N–H and O–H groups in total. The lowest BCUT2D eigenvalue weighted by Gasteiger charge is -2.27. The largest absolute Gasteiger partial charge is 0.480 e. The Labute approximate surface area is 152 Å². The standard InChI is InChI=1S/C20H23NO5/c1-2-13-5-7-14(8-6-13)16-9-10-17(26-16)19(22)21-18(20(23)24)15-4-3-11-25-12-15/h5-10,15,18H,2-4,11-12H2,1H3,(H,21,22)(H,23,24). The second-order valence-corrected chi connectivity index (χ2v) is 6.48. The molecule has 1 aliphatic rings. The number of rotatable bonds is 6. The molecule has 0 aliphatic carbocycles. The number of carbonyl (C=O) groups excluding carboxylic acids is 1. The monoisotopic (exact) mass is 357 g/mol. The van der Waals surface area contributed by atoms with Crippen LogP contribution in [0.3, 0.4) is 0 Å². The van der Waals surface area contributed by atoms with Gasteiger partial charge in [0.15, 0.2) is 5.76 Å². The maximum Gasteiger partial charge on any atom is 0.326 e. The summed E-state index contributed by atoms with van der Waals surface area (Å²) in [6, 6.07) is 10.2. The first-order valence-electron chi connectivity index (χ1n) is 8.89. The first kappa shape index (κ1) is 18.2. The molecule has 1 saturated heterocycles. The summed E-state index contributed by atoms with van der Waals surface area (Å²) >= 11 is 0. The van der Waals surface area contributed by atoms with Gasteiger partial charge >= 0.3 is 5.97 Å². The van der Waals surface area contributed by atoms with E-state index < -0.39 is 17.9 Å². The molecule has 26 heavy (non-hydrogen) atoms. The number of nitrogens with one attached hydrogen (secondary N) is 1. The van der Waals surface area contributed by atoms with Gasteiger partial charge < -0.3 is 19.6 Å². The Hall–Kier alpha value is -2.60. The lowest BCUT2D eigenvalue weighted by molar-refractivity contribution is -0.142. The number of carbonyl (C=O) groups is 2. The van der Waals surface area contributed by atoms with Gasteiger partial charge in [-0.15, -0.1) is 0 Å². The SMILES string of the molecule is CCc1ccc(-c2ccc(C(=O)NC(C(=O)O)C3CCCOC3)o2)cc1. The molecule has 138 valence electrons. The van der Waals surface area contributed by atoms with Crippen LogP contribution < -0.4 is 5.32 Å². The molecule has 1 amide bonds. The Kier molecular flexibility index (Phi) is 5.73. The summed E-state index contributed by atoms with van der Waals surface area (Å²) in [4.78, 5) is 24.0. The molecule has 2 heterocycles. The van der Waals surface area contributed by atoms with Gasteiger partial charge in [-0.3, -0.25) is 4.79 Å². The molecular weight excluding hydrogens is 334 g/mol. The van der Waals surface area contributed by atoms with Crippen molar-refractivity contribution in [3.05, 3.63) is 47.7 Å². The lowest BCUT2D eigenvalue weighted by Crippen LogP contribution is -2.48. The van der Waals surface area contributed by atoms with Crippen LogP contribution in [0.1, 0.15) is 35.9 Å². The molecule has 2 atom stereocenters. The molecule has 1 aromatic carbocycles. The minimum Gasteiger partial charge on any atom is -0.480 e. The molecule has 2 unspecified atom stereocenters. The highest BCUT2D eigenvalue weighted by Gasteiger charge is 2.32. The normalized spacial score (nSPS) is 18.3. The molecule has 3 rings (SSSR count). The van der Waals surface area contributed by atoms with Gasteiger partial charge in [0.25, 0.3) is 5.91 Å². The van der Waals surface area contributed by atoms with Crippen molar-refractivity contribution in [2.75, 3.05) is 13.2 Å². The first-order chi connectivity index (χ1) is 12.6. The van der Waals surface area contributed by atoms with Crippen LogP contribution in [0.5, 0.6) is 0 Å². The average molecular weight is 357 g/mol. The van der Waals surface area contributed by atoms with Gasteiger partial charge in [0.05, 0.1) is 6.61 Å². The zero-order valence-corrected chi connectivity index (χ0v) is 14.7. The van der Waals surface area contributed by atoms with Crippen LogP contribution in [0.4, 0.5) is 0 Å². The van der Waals surface area contributed by atoms with Gasteiger partial charge in [0.1, 0.15) is 11.8 Å². The number of carboxylic acid groups (broad SMARTS) is 1. The molecule has 1 aromatic heterocycles. The van der Waals surface area contributed by atoms with Gasteiger partial charge in [0.2, 0.25) is 0 Å². The third-order valence-corrected chi connectivity index (χ3v) is 4.70. The number of hydrogen-bond donors (Lipinski definition) is 2. The van der Waals surface area contributed by atoms with E-state index in [2.05, 4.69) is 12.2 Å². The summed E-state index contributed by atoms with van der Waals surface area (Å²) in [5, 5.41) is 12.0. The van der Waals surface area contributed by atoms with Crippen molar-refractivity contribution in [2.24, 2.45) is 5.92 Å². The Morgan fingerprint density at radius 3 is 2.62 bits per heavy atom. The van der Waals surface area contributed by atoms with Gasteiger partial charge in [0, 0.05) is 18.1 Å². The Bertz CT molecular complexity index is 759. The second-order valence-electron chi connectivity index (χ2n) is 6.48. The van der Waals surface area contributed by atoms with E-state index in [0.29, 0.717) is 25.4 Å². The number of carboxylic acids is 1. The number of aliphatic carboxylic acids is 1. The number of aryl methyl sites for hydroxylation is 1. The molecule has 0 radical (unpaired) electrons. The van der Waals surface area contributed by atoms with Crippen LogP contribution >= 0.6 is 0 Å². The average Bonchev–Trinajstić information content (AvgIpc) is 3.17. The van der Waals surface area contributed by atoms with E-state index in [1.165, 1.54) is 5.56 Å². The van der Waals surface area contributed by atoms with Gasteiger partial charge in [-0.25, -0.2) is 4.79 Å². The molecule has 6 nitrogen and oxygen atoms in total. The third-order valence-electron chi connectivity index (χ3n) is 4.70. The highest BCUT2D eigenvalue weighted by atomic mass is 16.5. The zero-order chi connectivity index (χ0) is 18.5. The number of amides is 1. The summed E-state index contributed by atoms with van der Waals surface area (Å²) in [7, 11) is 0. The Balaban J connectivity index is 1.70. The highest BCUT2D eigenvalue weighted by Crippen LogP contribution is 2.23. The van der Waals surface area contributed by atoms with E-state index >= 15 is 0 Å². The molecular formula is C20H23NO5. The van der Waals surface area contributed by atoms with Crippen LogP contribution in [0.15, 0.2) is 40.8 Å². The topological polar surface area (TPSA) is 88.8 Å². The fourth-order valence-electron chi connectivity index (χ4n) is 3.14. The minimum absolute atomic E-state index is 0.0996. The predicted octanol–water partition coefficient (Wildman–Crippen LogP) is 3.12. The van der Waals surface area contributed by atoms with Crippen molar-refractivity contribution < 1.29 is 23.8 Å². The molecule has 6 heteroatoms. The Morgan fingerprint density at radius 2 is 2.00 bits per heavy atom. The quantitative estimate of drug-likeness (QED) is 0.829. The predicted molar refractivity (Wildman–Crippen MR) is 96.0 cm³/mol. The second kappa shape index (κ2) is 8.19. The van der Waals surface area contributed by atoms with Crippen molar-refractivity contribution in [3.8, 4) is 11.3 Å². The molecule has 0 spiro atoms. The van der Waals surface area contributed by atoms with Crippen molar-refractivity contribution in [1.82, 2.24) is 5.32 Å². The van der Waals surface area contributed by atoms with Crippen LogP contribution in [0.2, 0.25) is 0 Å². The van der Waals surface area contributed by atoms with Gasteiger partial charge in [-0.2, -0.15) is 0 Å². The van der Waals surface area contributed by atoms with Gasteiger partial charge in [-0.05, 0) is 37.0 Å². The van der Waals surface area contributed by atoms with Gasteiger partial charge in [-0.1, -0.05) is 31.2 Å². The van der Waals surface area contributed by atoms with E-state index in [1.807, 2.05) is 24.3 Å². The van der Waals surface area contributed by atoms with Crippen LogP contribution in [0, 0.1) is 5.92 Å². The molecule has 1 aliphatic heterocycles. The van der Waals surface area contributed by atoms with E-state index in [0.717, 1.165) is 18.4 Å². The van der Waals surface area contributed by atoms with E-state index in [4.69, 9.17) is 9.15 Å². The van der Waals surface area contributed by atoms with E-state index in [9.17, 15) is 14.7 Å². The summed E-state index contributed by atoms with van der Waals surface area (Å²) in [5.41, 5.74) is 2.09. The van der Waals surface area contributed by atoms with E-state index in [1.54, 1.807) is 12.1 Å². The maximum absolute atomic E-state index is 12.4. The van der Waals surface area contributed by atoms with E-state index in [-0.39, 0.29) is 11.7 Å². The number of ether oxygens (including phenoxy) is 1. The number of benzene rings is 1. The lowest BCUT2D eigenvalue weighted by atomic mass is 9.93. The van der Waals surface area contributed by atoms with Crippen molar-refractivity contribution in [2.45, 2.75) is 32.2 Å². The first-order valence-corrected chi connectivity index (χ1v) is 8.89. The fraction of sp³-hybridized carbons (Fsp3) is 0.400. The summed E-state index contributed by atoms with van der Waals surface area (Å²) in [5.74, 6) is -1.15. The number of hydrogen-bond acceptors (Lipinski definition) is 4. The maximum atomic E-state index is 12.4. The Morgan fingerprint density at radius 1 is 1.23 bits per heavy atom. The molecule has 1 fully saturated rings.